The lowest BCUT2D eigenvalue weighted by molar-refractivity contribution is 0.0952. The summed E-state index contributed by atoms with van der Waals surface area (Å²) < 4.78 is 0. The van der Waals surface area contributed by atoms with Crippen molar-refractivity contribution in [3.63, 3.8) is 0 Å². The minimum Gasteiger partial charge on any atom is -0.352 e. The number of nitrogens with one attached hydrogen (secondary N) is 2. The maximum Gasteiger partial charge on any atom is 0.254 e. The monoisotopic (exact) mass is 305 g/mol. The smallest absolute Gasteiger partial charge is 0.254 e. The van der Waals surface area contributed by atoms with Gasteiger partial charge in [-0.2, -0.15) is 0 Å². The van der Waals surface area contributed by atoms with Gasteiger partial charge in [-0.25, -0.2) is 9.97 Å². The molecule has 2 heterocycles. The summed E-state index contributed by atoms with van der Waals surface area (Å²) in [5, 5.41) is 6.23. The summed E-state index contributed by atoms with van der Waals surface area (Å²) >= 11 is 0. The number of piperazine rings is 1. The van der Waals surface area contributed by atoms with Gasteiger partial charge in [0.1, 0.15) is 0 Å². The minimum atomic E-state index is -0.0812. The Morgan fingerprint density at radius 2 is 1.86 bits per heavy atom. The van der Waals surface area contributed by atoms with Crippen molar-refractivity contribution in [3.05, 3.63) is 18.0 Å². The van der Waals surface area contributed by atoms with E-state index in [4.69, 9.17) is 0 Å². The molecule has 1 aromatic heterocycles. The third kappa shape index (κ3) is 5.26. The van der Waals surface area contributed by atoms with Crippen LogP contribution in [0.25, 0.3) is 0 Å². The Morgan fingerprint density at radius 3 is 2.55 bits per heavy atom. The van der Waals surface area contributed by atoms with Gasteiger partial charge in [0.25, 0.3) is 5.91 Å². The fraction of sp³-hybridized carbons (Fsp3) is 0.688. The molecule has 1 saturated heterocycles. The number of carbonyl (C=O) groups is 1. The SMILES string of the molecule is CCCCCCCNC(=O)c1cnc(N2CCNCC2)nc1. The quantitative estimate of drug-likeness (QED) is 0.714. The molecule has 2 N–H and O–H groups in total. The molecular formula is C16H27N5O. The Labute approximate surface area is 132 Å². The van der Waals surface area contributed by atoms with Crippen LogP contribution < -0.4 is 15.5 Å². The number of aromatic nitrogens is 2. The highest BCUT2D eigenvalue weighted by atomic mass is 16.1. The predicted octanol–water partition coefficient (Wildman–Crippen LogP) is 1.59. The van der Waals surface area contributed by atoms with Gasteiger partial charge in [0, 0.05) is 45.1 Å². The third-order valence-electron chi connectivity index (χ3n) is 3.87. The number of anilines is 1. The summed E-state index contributed by atoms with van der Waals surface area (Å²) in [6.45, 7) is 6.63. The lowest BCUT2D eigenvalue weighted by Gasteiger charge is -2.27. The van der Waals surface area contributed by atoms with Gasteiger partial charge < -0.3 is 15.5 Å². The average molecular weight is 305 g/mol. The first-order valence-corrected chi connectivity index (χ1v) is 8.37. The van der Waals surface area contributed by atoms with E-state index >= 15 is 0 Å². The molecule has 0 unspecified atom stereocenters. The second-order valence-electron chi connectivity index (χ2n) is 5.68. The number of hydrogen-bond donors (Lipinski definition) is 2. The highest BCUT2D eigenvalue weighted by molar-refractivity contribution is 5.93. The lowest BCUT2D eigenvalue weighted by atomic mass is 10.1. The molecule has 1 amide bonds. The second kappa shape index (κ2) is 9.35. The summed E-state index contributed by atoms with van der Waals surface area (Å²) in [4.78, 5) is 22.8. The highest BCUT2D eigenvalue weighted by Gasteiger charge is 2.13. The normalized spacial score (nSPS) is 14.9. The van der Waals surface area contributed by atoms with Crippen molar-refractivity contribution < 1.29 is 4.79 Å². The van der Waals surface area contributed by atoms with Gasteiger partial charge in [-0.3, -0.25) is 4.79 Å². The fourth-order valence-electron chi connectivity index (χ4n) is 2.50. The Kier molecular flexibility index (Phi) is 7.09. The molecule has 0 saturated carbocycles. The molecule has 6 heteroatoms. The maximum absolute atomic E-state index is 12.0. The van der Waals surface area contributed by atoms with E-state index in [-0.39, 0.29) is 5.91 Å². The Morgan fingerprint density at radius 1 is 1.18 bits per heavy atom. The summed E-state index contributed by atoms with van der Waals surface area (Å²) in [7, 11) is 0. The van der Waals surface area contributed by atoms with Gasteiger partial charge in [0.15, 0.2) is 0 Å². The molecule has 6 nitrogen and oxygen atoms in total. The van der Waals surface area contributed by atoms with Gasteiger partial charge in [-0.05, 0) is 6.42 Å². The standard InChI is InChI=1S/C16H27N5O/c1-2-3-4-5-6-7-18-15(22)14-12-19-16(20-13-14)21-10-8-17-9-11-21/h12-13,17H,2-11H2,1H3,(H,18,22). The molecule has 1 aliphatic heterocycles. The van der Waals surface area contributed by atoms with Crippen LogP contribution in [-0.4, -0.2) is 48.6 Å². The molecule has 0 radical (unpaired) electrons. The second-order valence-corrected chi connectivity index (χ2v) is 5.68. The summed E-state index contributed by atoms with van der Waals surface area (Å²) in [6.07, 6.45) is 9.21. The molecule has 0 spiro atoms. The van der Waals surface area contributed by atoms with E-state index < -0.39 is 0 Å². The van der Waals surface area contributed by atoms with Crippen molar-refractivity contribution in [3.8, 4) is 0 Å². The predicted molar refractivity (Wildman–Crippen MR) is 88.2 cm³/mol. The number of rotatable bonds is 8. The van der Waals surface area contributed by atoms with Gasteiger partial charge in [-0.1, -0.05) is 32.6 Å². The Hall–Kier alpha value is -1.69. The number of nitrogens with zero attached hydrogens (tertiary/aromatic N) is 3. The zero-order valence-electron chi connectivity index (χ0n) is 13.5. The molecular weight excluding hydrogens is 278 g/mol. The van der Waals surface area contributed by atoms with E-state index in [2.05, 4.69) is 32.4 Å². The van der Waals surface area contributed by atoms with Crippen LogP contribution in [0.3, 0.4) is 0 Å². The van der Waals surface area contributed by atoms with E-state index in [1.165, 1.54) is 25.7 Å². The summed E-state index contributed by atoms with van der Waals surface area (Å²) in [5.74, 6) is 0.625. The van der Waals surface area contributed by atoms with E-state index in [1.54, 1.807) is 12.4 Å². The number of hydrogen-bond acceptors (Lipinski definition) is 5. The van der Waals surface area contributed by atoms with Crippen molar-refractivity contribution in [1.29, 1.82) is 0 Å². The lowest BCUT2D eigenvalue weighted by Crippen LogP contribution is -2.44. The van der Waals surface area contributed by atoms with Gasteiger partial charge in [0.2, 0.25) is 5.95 Å². The molecule has 1 aliphatic rings. The summed E-state index contributed by atoms with van der Waals surface area (Å²) in [6, 6.07) is 0. The van der Waals surface area contributed by atoms with Crippen molar-refractivity contribution in [2.45, 2.75) is 39.0 Å². The third-order valence-corrected chi connectivity index (χ3v) is 3.87. The van der Waals surface area contributed by atoms with Crippen LogP contribution in [-0.2, 0) is 0 Å². The zero-order chi connectivity index (χ0) is 15.6. The van der Waals surface area contributed by atoms with Crippen molar-refractivity contribution in [1.82, 2.24) is 20.6 Å². The first-order chi connectivity index (χ1) is 10.8. The topological polar surface area (TPSA) is 70.2 Å². The number of unbranched alkanes of at least 4 members (excludes halogenated alkanes) is 4. The van der Waals surface area contributed by atoms with Crippen molar-refractivity contribution in [2.75, 3.05) is 37.6 Å². The molecule has 0 aliphatic carbocycles. The highest BCUT2D eigenvalue weighted by Crippen LogP contribution is 2.08. The molecule has 122 valence electrons. The van der Waals surface area contributed by atoms with Gasteiger partial charge in [0.05, 0.1) is 5.56 Å². The molecule has 22 heavy (non-hydrogen) atoms. The van der Waals surface area contributed by atoms with Crippen molar-refractivity contribution in [2.24, 2.45) is 0 Å². The Balaban J connectivity index is 1.73. The molecule has 0 aromatic carbocycles. The molecule has 1 fully saturated rings. The van der Waals surface area contributed by atoms with Gasteiger partial charge >= 0.3 is 0 Å². The van der Waals surface area contributed by atoms with Crippen LogP contribution in [0.1, 0.15) is 49.4 Å². The van der Waals surface area contributed by atoms with E-state index in [9.17, 15) is 4.79 Å². The first-order valence-electron chi connectivity index (χ1n) is 8.37. The first kappa shape index (κ1) is 16.7. The number of amides is 1. The summed E-state index contributed by atoms with van der Waals surface area (Å²) in [5.41, 5.74) is 0.535. The molecule has 2 rings (SSSR count). The molecule has 0 bridgehead atoms. The van der Waals surface area contributed by atoms with Crippen LogP contribution in [0.2, 0.25) is 0 Å². The van der Waals surface area contributed by atoms with Crippen molar-refractivity contribution >= 4 is 11.9 Å². The van der Waals surface area contributed by atoms with Crippen LogP contribution >= 0.6 is 0 Å². The molecule has 1 aromatic rings. The van der Waals surface area contributed by atoms with E-state index in [0.29, 0.717) is 11.5 Å². The van der Waals surface area contributed by atoms with Crippen LogP contribution in [0, 0.1) is 0 Å². The van der Waals surface area contributed by atoms with Crippen LogP contribution in [0.4, 0.5) is 5.95 Å². The van der Waals surface area contributed by atoms with Crippen LogP contribution in [0.5, 0.6) is 0 Å². The maximum atomic E-state index is 12.0. The molecule has 0 atom stereocenters. The average Bonchev–Trinajstić information content (AvgIpc) is 2.59. The zero-order valence-corrected chi connectivity index (χ0v) is 13.5. The minimum absolute atomic E-state index is 0.0812. The Bertz CT molecular complexity index is 442. The van der Waals surface area contributed by atoms with E-state index in [1.807, 2.05) is 0 Å². The number of carbonyl (C=O) groups excluding carboxylic acids is 1. The van der Waals surface area contributed by atoms with Crippen LogP contribution in [0.15, 0.2) is 12.4 Å². The fourth-order valence-corrected chi connectivity index (χ4v) is 2.50. The largest absolute Gasteiger partial charge is 0.352 e. The van der Waals surface area contributed by atoms with E-state index in [0.717, 1.165) is 39.1 Å². The van der Waals surface area contributed by atoms with Gasteiger partial charge in [-0.15, -0.1) is 0 Å².